The van der Waals surface area contributed by atoms with Crippen LogP contribution in [0.25, 0.3) is 0 Å². The third kappa shape index (κ3) is 5.74. The summed E-state index contributed by atoms with van der Waals surface area (Å²) >= 11 is 1.59. The molecule has 1 saturated carbocycles. The first-order valence-electron chi connectivity index (χ1n) is 6.98. The van der Waals surface area contributed by atoms with Gasteiger partial charge in [0.1, 0.15) is 5.01 Å². The number of hydrogen-bond acceptors (Lipinski definition) is 4. The summed E-state index contributed by atoms with van der Waals surface area (Å²) in [5.74, 6) is 0.197. The highest BCUT2D eigenvalue weighted by Crippen LogP contribution is 2.38. The molecule has 2 rings (SSSR count). The summed E-state index contributed by atoms with van der Waals surface area (Å²) < 4.78 is 0. The van der Waals surface area contributed by atoms with Crippen molar-refractivity contribution in [2.24, 2.45) is 11.1 Å². The number of rotatable bonds is 5. The highest BCUT2D eigenvalue weighted by Gasteiger charge is 2.33. The second-order valence-electron chi connectivity index (χ2n) is 5.62. The molecule has 1 heterocycles. The molecular weight excluding hydrogens is 329 g/mol. The van der Waals surface area contributed by atoms with Crippen LogP contribution in [0.3, 0.4) is 0 Å². The summed E-state index contributed by atoms with van der Waals surface area (Å²) in [6.45, 7) is 1.24. The van der Waals surface area contributed by atoms with Crippen molar-refractivity contribution in [3.63, 3.8) is 0 Å². The minimum absolute atomic E-state index is 0. The third-order valence-corrected chi connectivity index (χ3v) is 4.92. The van der Waals surface area contributed by atoms with Gasteiger partial charge in [0, 0.05) is 25.0 Å². The van der Waals surface area contributed by atoms with Gasteiger partial charge < -0.3 is 10.6 Å². The molecule has 21 heavy (non-hydrogen) atoms. The molecule has 1 aliphatic carbocycles. The third-order valence-electron chi connectivity index (χ3n) is 4.16. The van der Waals surface area contributed by atoms with Crippen LogP contribution in [0.4, 0.5) is 0 Å². The number of carbonyl (C=O) groups excluding carboxylic acids is 1. The molecule has 1 aromatic heterocycles. The van der Waals surface area contributed by atoms with Gasteiger partial charge in [-0.1, -0.05) is 19.3 Å². The Kier molecular flexibility index (Phi) is 9.45. The summed E-state index contributed by atoms with van der Waals surface area (Å²) in [5.41, 5.74) is 5.99. The quantitative estimate of drug-likeness (QED) is 0.883. The zero-order chi connectivity index (χ0) is 13.7. The van der Waals surface area contributed by atoms with E-state index in [1.165, 1.54) is 19.3 Å². The zero-order valence-corrected chi connectivity index (χ0v) is 14.9. The van der Waals surface area contributed by atoms with E-state index in [0.717, 1.165) is 17.8 Å². The zero-order valence-electron chi connectivity index (χ0n) is 12.4. The van der Waals surface area contributed by atoms with E-state index < -0.39 is 0 Å². The van der Waals surface area contributed by atoms with Crippen LogP contribution in [-0.2, 0) is 11.3 Å². The fourth-order valence-electron chi connectivity index (χ4n) is 2.83. The number of halogens is 2. The Hall–Kier alpha value is -0.360. The highest BCUT2D eigenvalue weighted by molar-refractivity contribution is 7.09. The van der Waals surface area contributed by atoms with Crippen molar-refractivity contribution in [1.82, 2.24) is 9.88 Å². The van der Waals surface area contributed by atoms with E-state index in [9.17, 15) is 4.79 Å². The molecule has 7 heteroatoms. The van der Waals surface area contributed by atoms with Gasteiger partial charge in [-0.05, 0) is 24.8 Å². The molecular formula is C14H25Cl2N3OS. The first-order valence-corrected chi connectivity index (χ1v) is 7.86. The average Bonchev–Trinajstić information content (AvgIpc) is 2.92. The maximum atomic E-state index is 12.3. The first-order chi connectivity index (χ1) is 9.15. The predicted molar refractivity (Wildman–Crippen MR) is 92.3 cm³/mol. The van der Waals surface area contributed by atoms with Gasteiger partial charge in [0.25, 0.3) is 0 Å². The van der Waals surface area contributed by atoms with E-state index in [2.05, 4.69) is 4.98 Å². The monoisotopic (exact) mass is 353 g/mol. The number of nitrogens with two attached hydrogens (primary N) is 1. The van der Waals surface area contributed by atoms with Gasteiger partial charge in [-0.25, -0.2) is 4.98 Å². The number of thiazole rings is 1. The summed E-state index contributed by atoms with van der Waals surface area (Å²) in [7, 11) is 1.86. The van der Waals surface area contributed by atoms with Crippen molar-refractivity contribution < 1.29 is 4.79 Å². The Morgan fingerprint density at radius 1 is 1.38 bits per heavy atom. The van der Waals surface area contributed by atoms with Crippen LogP contribution >= 0.6 is 36.2 Å². The molecule has 0 saturated heterocycles. The van der Waals surface area contributed by atoms with Gasteiger partial charge in [0.15, 0.2) is 0 Å². The van der Waals surface area contributed by atoms with E-state index in [1.54, 1.807) is 22.4 Å². The molecule has 0 atom stereocenters. The number of nitrogens with zero attached hydrogens (tertiary/aromatic N) is 2. The molecule has 1 amide bonds. The first kappa shape index (κ1) is 20.6. The predicted octanol–water partition coefficient (Wildman–Crippen LogP) is 3.24. The molecule has 0 spiro atoms. The Bertz CT molecular complexity index is 408. The van der Waals surface area contributed by atoms with Crippen molar-refractivity contribution >= 4 is 42.1 Å². The van der Waals surface area contributed by atoms with E-state index in [0.29, 0.717) is 19.5 Å². The van der Waals surface area contributed by atoms with Crippen LogP contribution in [-0.4, -0.2) is 29.4 Å². The fraction of sp³-hybridized carbons (Fsp3) is 0.714. The molecule has 0 radical (unpaired) electrons. The largest absolute Gasteiger partial charge is 0.339 e. The second kappa shape index (κ2) is 9.62. The summed E-state index contributed by atoms with van der Waals surface area (Å²) in [5, 5.41) is 2.93. The van der Waals surface area contributed by atoms with E-state index in [4.69, 9.17) is 5.73 Å². The van der Waals surface area contributed by atoms with E-state index in [-0.39, 0.29) is 36.1 Å². The highest BCUT2D eigenvalue weighted by atomic mass is 35.5. The lowest BCUT2D eigenvalue weighted by atomic mass is 9.71. The lowest BCUT2D eigenvalue weighted by Crippen LogP contribution is -2.39. The van der Waals surface area contributed by atoms with Crippen LogP contribution in [0.2, 0.25) is 0 Å². The van der Waals surface area contributed by atoms with Crippen molar-refractivity contribution in [3.05, 3.63) is 16.6 Å². The van der Waals surface area contributed by atoms with Crippen LogP contribution < -0.4 is 5.73 Å². The standard InChI is InChI=1S/C14H23N3OS.2ClH/c1-17(10-12-16-7-8-19-12)13(18)9-14(11-15)5-3-2-4-6-14;;/h7-8H,2-6,9-11,15H2,1H3;2*1H. The SMILES string of the molecule is CN(Cc1nccs1)C(=O)CC1(CN)CCCCC1.Cl.Cl. The van der Waals surface area contributed by atoms with Crippen LogP contribution in [0.5, 0.6) is 0 Å². The number of hydrogen-bond donors (Lipinski definition) is 1. The Balaban J connectivity index is 0.00000200. The minimum atomic E-state index is 0. The van der Waals surface area contributed by atoms with Gasteiger partial charge in [0.2, 0.25) is 5.91 Å². The number of aromatic nitrogens is 1. The molecule has 0 unspecified atom stereocenters. The van der Waals surface area contributed by atoms with Gasteiger partial charge in [-0.15, -0.1) is 36.2 Å². The maximum Gasteiger partial charge on any atom is 0.223 e. The van der Waals surface area contributed by atoms with Crippen molar-refractivity contribution in [1.29, 1.82) is 0 Å². The lowest BCUT2D eigenvalue weighted by Gasteiger charge is -2.36. The van der Waals surface area contributed by atoms with E-state index in [1.807, 2.05) is 12.4 Å². The number of carbonyl (C=O) groups is 1. The van der Waals surface area contributed by atoms with Crippen molar-refractivity contribution in [2.75, 3.05) is 13.6 Å². The van der Waals surface area contributed by atoms with Gasteiger partial charge in [0.05, 0.1) is 6.54 Å². The fourth-order valence-corrected chi connectivity index (χ4v) is 3.50. The summed E-state index contributed by atoms with van der Waals surface area (Å²) in [4.78, 5) is 18.4. The lowest BCUT2D eigenvalue weighted by molar-refractivity contribution is -0.133. The van der Waals surface area contributed by atoms with Crippen LogP contribution in [0, 0.1) is 5.41 Å². The summed E-state index contributed by atoms with van der Waals surface area (Å²) in [6, 6.07) is 0. The molecule has 122 valence electrons. The molecule has 1 aliphatic rings. The maximum absolute atomic E-state index is 12.3. The molecule has 1 aromatic rings. The van der Waals surface area contributed by atoms with Crippen molar-refractivity contribution in [3.8, 4) is 0 Å². The Labute approximate surface area is 143 Å². The molecule has 0 aromatic carbocycles. The molecule has 2 N–H and O–H groups in total. The summed E-state index contributed by atoms with van der Waals surface area (Å²) in [6.07, 6.45) is 8.26. The van der Waals surface area contributed by atoms with Gasteiger partial charge in [-0.2, -0.15) is 0 Å². The normalized spacial score (nSPS) is 16.5. The Morgan fingerprint density at radius 3 is 2.57 bits per heavy atom. The van der Waals surface area contributed by atoms with E-state index >= 15 is 0 Å². The smallest absolute Gasteiger partial charge is 0.223 e. The molecule has 4 nitrogen and oxygen atoms in total. The molecule has 1 fully saturated rings. The van der Waals surface area contributed by atoms with Crippen molar-refractivity contribution in [2.45, 2.75) is 45.1 Å². The molecule has 0 aliphatic heterocycles. The van der Waals surface area contributed by atoms with Crippen LogP contribution in [0.15, 0.2) is 11.6 Å². The Morgan fingerprint density at radius 2 is 2.05 bits per heavy atom. The van der Waals surface area contributed by atoms with Gasteiger partial charge in [-0.3, -0.25) is 4.79 Å². The average molecular weight is 354 g/mol. The van der Waals surface area contributed by atoms with Crippen LogP contribution in [0.1, 0.15) is 43.5 Å². The van der Waals surface area contributed by atoms with Gasteiger partial charge >= 0.3 is 0 Å². The molecule has 0 bridgehead atoms. The minimum Gasteiger partial charge on any atom is -0.339 e. The topological polar surface area (TPSA) is 59.2 Å². The second-order valence-corrected chi connectivity index (χ2v) is 6.60. The number of amides is 1.